The maximum Gasteiger partial charge on any atom is 0.229 e. The summed E-state index contributed by atoms with van der Waals surface area (Å²) in [4.78, 5) is 15.9. The van der Waals surface area contributed by atoms with Crippen molar-refractivity contribution in [2.75, 3.05) is 19.0 Å². The molecule has 0 aliphatic carbocycles. The Morgan fingerprint density at radius 1 is 1.45 bits per heavy atom. The third-order valence-corrected chi connectivity index (χ3v) is 4.13. The summed E-state index contributed by atoms with van der Waals surface area (Å²) in [6, 6.07) is 3.47. The van der Waals surface area contributed by atoms with Crippen molar-refractivity contribution >= 4 is 27.8 Å². The highest BCUT2D eigenvalue weighted by Crippen LogP contribution is 2.39. The quantitative estimate of drug-likeness (QED) is 0.898. The number of amides is 1. The first-order valence-electron chi connectivity index (χ1n) is 6.83. The van der Waals surface area contributed by atoms with E-state index in [1.165, 1.54) is 6.33 Å². The second kappa shape index (κ2) is 5.96. The van der Waals surface area contributed by atoms with Crippen LogP contribution < -0.4 is 14.8 Å². The summed E-state index contributed by atoms with van der Waals surface area (Å²) < 4.78 is 13.5. The van der Waals surface area contributed by atoms with Gasteiger partial charge in [-0.2, -0.15) is 10.1 Å². The molecule has 0 saturated heterocycles. The molecule has 22 heavy (non-hydrogen) atoms. The van der Waals surface area contributed by atoms with Gasteiger partial charge in [0.15, 0.2) is 11.5 Å². The highest BCUT2D eigenvalue weighted by molar-refractivity contribution is 9.10. The van der Waals surface area contributed by atoms with E-state index in [0.717, 1.165) is 10.0 Å². The fourth-order valence-electron chi connectivity index (χ4n) is 2.48. The van der Waals surface area contributed by atoms with E-state index in [4.69, 9.17) is 9.47 Å². The Balaban J connectivity index is 2.07. The molecule has 2 heterocycles. The van der Waals surface area contributed by atoms with E-state index in [0.29, 0.717) is 24.1 Å². The number of nitrogens with zero attached hydrogens (tertiary/aromatic N) is 3. The zero-order valence-electron chi connectivity index (χ0n) is 12.2. The normalized spacial score (nSPS) is 16.9. The van der Waals surface area contributed by atoms with Crippen LogP contribution in [-0.4, -0.2) is 34.4 Å². The topological polar surface area (TPSA) is 78.3 Å². The number of halogens is 1. The molecular weight excluding hydrogens is 352 g/mol. The zero-order chi connectivity index (χ0) is 15.7. The average Bonchev–Trinajstić information content (AvgIpc) is 2.95. The highest BCUT2D eigenvalue weighted by atomic mass is 79.9. The number of fused-ring (bicyclic) bond motifs is 1. The second-order valence-electron chi connectivity index (χ2n) is 4.75. The van der Waals surface area contributed by atoms with Crippen molar-refractivity contribution in [1.82, 2.24) is 14.8 Å². The third-order valence-electron chi connectivity index (χ3n) is 3.44. The van der Waals surface area contributed by atoms with Crippen LogP contribution in [0, 0.1) is 0 Å². The summed E-state index contributed by atoms with van der Waals surface area (Å²) in [5.74, 6) is 1.62. The van der Waals surface area contributed by atoms with Gasteiger partial charge in [0, 0.05) is 4.47 Å². The fraction of sp³-hybridized carbons (Fsp3) is 0.357. The van der Waals surface area contributed by atoms with Gasteiger partial charge in [0.2, 0.25) is 11.9 Å². The average molecular weight is 367 g/mol. The molecule has 0 bridgehead atoms. The van der Waals surface area contributed by atoms with Crippen LogP contribution >= 0.6 is 15.9 Å². The summed E-state index contributed by atoms with van der Waals surface area (Å²) in [6.45, 7) is 2.45. The van der Waals surface area contributed by atoms with E-state index in [9.17, 15) is 4.79 Å². The molecule has 0 unspecified atom stereocenters. The Bertz CT molecular complexity index is 716. The number of ether oxygens (including phenoxy) is 2. The maximum absolute atomic E-state index is 11.9. The minimum absolute atomic E-state index is 0.0924. The Kier molecular flexibility index (Phi) is 4.02. The smallest absolute Gasteiger partial charge is 0.229 e. The van der Waals surface area contributed by atoms with E-state index >= 15 is 0 Å². The molecule has 0 radical (unpaired) electrons. The van der Waals surface area contributed by atoms with Gasteiger partial charge in [0.25, 0.3) is 0 Å². The molecule has 116 valence electrons. The minimum atomic E-state index is -0.245. The van der Waals surface area contributed by atoms with Crippen LogP contribution in [0.3, 0.4) is 0 Å². The molecule has 3 rings (SSSR count). The molecule has 0 saturated carbocycles. The summed E-state index contributed by atoms with van der Waals surface area (Å²) in [5.41, 5.74) is 0.891. The first-order chi connectivity index (χ1) is 10.6. The fourth-order valence-corrected chi connectivity index (χ4v) is 3.07. The second-order valence-corrected chi connectivity index (χ2v) is 5.61. The number of methoxy groups -OCH3 is 1. The lowest BCUT2D eigenvalue weighted by Crippen LogP contribution is -2.29. The van der Waals surface area contributed by atoms with Crippen molar-refractivity contribution in [3.05, 3.63) is 28.5 Å². The molecule has 1 atom stereocenters. The lowest BCUT2D eigenvalue weighted by atomic mass is 10.0. The van der Waals surface area contributed by atoms with Gasteiger partial charge in [-0.3, -0.25) is 10.1 Å². The van der Waals surface area contributed by atoms with Crippen molar-refractivity contribution in [1.29, 1.82) is 0 Å². The minimum Gasteiger partial charge on any atom is -0.493 e. The lowest BCUT2D eigenvalue weighted by molar-refractivity contribution is -0.117. The van der Waals surface area contributed by atoms with Gasteiger partial charge in [-0.25, -0.2) is 4.68 Å². The molecule has 7 nitrogen and oxygen atoms in total. The van der Waals surface area contributed by atoms with Crippen LogP contribution in [0.5, 0.6) is 11.5 Å². The number of carbonyl (C=O) groups excluding carboxylic acids is 1. The zero-order valence-corrected chi connectivity index (χ0v) is 13.8. The van der Waals surface area contributed by atoms with Crippen LogP contribution in [-0.2, 0) is 4.79 Å². The molecule has 0 spiro atoms. The number of nitrogens with one attached hydrogen (secondary N) is 1. The Hall–Kier alpha value is -2.09. The van der Waals surface area contributed by atoms with Gasteiger partial charge in [-0.1, -0.05) is 15.9 Å². The number of hydrogen-bond acceptors (Lipinski definition) is 5. The van der Waals surface area contributed by atoms with Gasteiger partial charge in [-0.15, -0.1) is 0 Å². The van der Waals surface area contributed by atoms with Crippen LogP contribution in [0.2, 0.25) is 0 Å². The van der Waals surface area contributed by atoms with Crippen LogP contribution in [0.25, 0.3) is 0 Å². The number of carbonyl (C=O) groups is 1. The molecule has 1 N–H and O–H groups in total. The van der Waals surface area contributed by atoms with E-state index in [2.05, 4.69) is 31.3 Å². The summed E-state index contributed by atoms with van der Waals surface area (Å²) in [7, 11) is 1.59. The molecule has 1 amide bonds. The molecule has 2 aromatic rings. The molecule has 1 aromatic heterocycles. The molecule has 1 aliphatic rings. The van der Waals surface area contributed by atoms with Crippen LogP contribution in [0.1, 0.15) is 24.9 Å². The Labute approximate surface area is 135 Å². The first kappa shape index (κ1) is 14.8. The number of aromatic nitrogens is 3. The molecule has 0 fully saturated rings. The molecule has 8 heteroatoms. The van der Waals surface area contributed by atoms with Gasteiger partial charge < -0.3 is 9.47 Å². The van der Waals surface area contributed by atoms with E-state index in [1.54, 1.807) is 11.8 Å². The van der Waals surface area contributed by atoms with Gasteiger partial charge in [0.1, 0.15) is 6.33 Å². The molecular formula is C14H15BrN4O3. The number of benzene rings is 1. The Morgan fingerprint density at radius 2 is 2.27 bits per heavy atom. The van der Waals surface area contributed by atoms with E-state index in [1.807, 2.05) is 19.1 Å². The molecule has 1 aliphatic heterocycles. The predicted molar refractivity (Wildman–Crippen MR) is 83.3 cm³/mol. The SMILES string of the molecule is CCOc1cc(Br)c([C@@H]2CC(=O)Nc3ncnn32)cc1OC. The largest absolute Gasteiger partial charge is 0.493 e. The summed E-state index contributed by atoms with van der Waals surface area (Å²) >= 11 is 3.55. The number of anilines is 1. The number of rotatable bonds is 4. The van der Waals surface area contributed by atoms with Gasteiger partial charge >= 0.3 is 0 Å². The summed E-state index contributed by atoms with van der Waals surface area (Å²) in [6.07, 6.45) is 1.71. The Morgan fingerprint density at radius 3 is 3.00 bits per heavy atom. The molecule has 1 aromatic carbocycles. The number of hydrogen-bond donors (Lipinski definition) is 1. The van der Waals surface area contributed by atoms with Crippen LogP contribution in [0.4, 0.5) is 5.95 Å². The van der Waals surface area contributed by atoms with Crippen LogP contribution in [0.15, 0.2) is 22.9 Å². The highest BCUT2D eigenvalue weighted by Gasteiger charge is 2.30. The monoisotopic (exact) mass is 366 g/mol. The van der Waals surface area contributed by atoms with Crippen molar-refractivity contribution in [3.63, 3.8) is 0 Å². The van der Waals surface area contributed by atoms with Gasteiger partial charge in [-0.05, 0) is 24.6 Å². The third kappa shape index (κ3) is 2.54. The van der Waals surface area contributed by atoms with Crippen molar-refractivity contribution < 1.29 is 14.3 Å². The van der Waals surface area contributed by atoms with E-state index in [-0.39, 0.29) is 18.4 Å². The van der Waals surface area contributed by atoms with E-state index < -0.39 is 0 Å². The lowest BCUT2D eigenvalue weighted by Gasteiger charge is -2.25. The van der Waals surface area contributed by atoms with Crippen molar-refractivity contribution in [2.24, 2.45) is 0 Å². The predicted octanol–water partition coefficient (Wildman–Crippen LogP) is 2.38. The standard InChI is InChI=1S/C14H15BrN4O3/c1-3-22-12-5-9(15)8(4-11(12)21-2)10-6-13(20)18-14-16-7-17-19(10)14/h4-5,7,10H,3,6H2,1-2H3,(H,16,17,18,20)/t10-/m0/s1. The maximum atomic E-state index is 11.9. The van der Waals surface area contributed by atoms with Gasteiger partial charge in [0.05, 0.1) is 26.2 Å². The van der Waals surface area contributed by atoms with Crippen molar-refractivity contribution in [3.8, 4) is 11.5 Å². The first-order valence-corrected chi connectivity index (χ1v) is 7.63. The van der Waals surface area contributed by atoms with Crippen molar-refractivity contribution in [2.45, 2.75) is 19.4 Å². The summed E-state index contributed by atoms with van der Waals surface area (Å²) in [5, 5.41) is 6.90.